The van der Waals surface area contributed by atoms with Crippen LogP contribution in [-0.4, -0.2) is 29.5 Å². The van der Waals surface area contributed by atoms with Crippen LogP contribution >= 0.6 is 0 Å². The Hall–Kier alpha value is -3.47. The number of pyridine rings is 1. The fraction of sp³-hybridized carbons (Fsp3) is 0.296. The molecule has 1 saturated carbocycles. The Balaban J connectivity index is 1.56. The predicted octanol–water partition coefficient (Wildman–Crippen LogP) is 4.79. The van der Waals surface area contributed by atoms with Crippen molar-refractivity contribution in [2.75, 3.05) is 6.61 Å². The van der Waals surface area contributed by atoms with Crippen molar-refractivity contribution in [1.82, 2.24) is 10.3 Å². The number of allylic oxidation sites excluding steroid dienone is 1. The molecular formula is C27H26N2O3. The molecule has 0 bridgehead atoms. The summed E-state index contributed by atoms with van der Waals surface area (Å²) < 4.78 is 5.48. The van der Waals surface area contributed by atoms with Gasteiger partial charge in [-0.25, -0.2) is 9.78 Å². The second-order valence-electron chi connectivity index (χ2n) is 8.84. The van der Waals surface area contributed by atoms with E-state index in [0.29, 0.717) is 11.5 Å². The number of nitrogens with one attached hydrogen (secondary N) is 1. The maximum Gasteiger partial charge on any atom is 0.339 e. The fourth-order valence-electron chi connectivity index (χ4n) is 4.42. The number of aromatic nitrogens is 1. The van der Waals surface area contributed by atoms with Crippen LogP contribution in [0.25, 0.3) is 22.6 Å². The molecule has 2 aromatic carbocycles. The number of esters is 1. The lowest BCUT2D eigenvalue weighted by molar-refractivity contribution is -0.124. The summed E-state index contributed by atoms with van der Waals surface area (Å²) in [4.78, 5) is 30.3. The minimum Gasteiger partial charge on any atom is -0.452 e. The van der Waals surface area contributed by atoms with Crippen LogP contribution < -0.4 is 5.32 Å². The Bertz CT molecular complexity index is 1210. The third kappa shape index (κ3) is 4.28. The largest absolute Gasteiger partial charge is 0.452 e. The van der Waals surface area contributed by atoms with Crippen LogP contribution in [0.3, 0.4) is 0 Å². The van der Waals surface area contributed by atoms with Crippen LogP contribution in [0, 0.1) is 5.92 Å². The van der Waals surface area contributed by atoms with Gasteiger partial charge in [0, 0.05) is 11.4 Å². The Kier molecular flexibility index (Phi) is 5.48. The minimum absolute atomic E-state index is 0.238. The molecule has 1 N–H and O–H groups in total. The molecule has 1 aromatic heterocycles. The van der Waals surface area contributed by atoms with Crippen molar-refractivity contribution in [2.24, 2.45) is 5.92 Å². The fourth-order valence-corrected chi connectivity index (χ4v) is 4.42. The maximum atomic E-state index is 13.3. The van der Waals surface area contributed by atoms with Gasteiger partial charge in [-0.3, -0.25) is 4.79 Å². The van der Waals surface area contributed by atoms with E-state index >= 15 is 0 Å². The van der Waals surface area contributed by atoms with Crippen molar-refractivity contribution in [3.05, 3.63) is 77.0 Å². The highest BCUT2D eigenvalue weighted by Gasteiger charge is 2.29. The number of carbonyl (C=O) groups is 2. The van der Waals surface area contributed by atoms with Crippen LogP contribution in [0.15, 0.2) is 54.6 Å². The number of hydrogen-bond acceptors (Lipinski definition) is 4. The van der Waals surface area contributed by atoms with E-state index in [-0.39, 0.29) is 18.6 Å². The molecule has 5 rings (SSSR count). The standard InChI is InChI=1S/C27H26N2O3/c1-17-13-19(15-18-7-3-2-4-8-18)26-22(14-17)25(21-9-5-6-10-23(21)29-26)27(31)32-16-24(30)28-20-11-12-20/h2-10,15,17,20H,11-14,16H2,1H3,(H,28,30). The second-order valence-corrected chi connectivity index (χ2v) is 8.84. The Morgan fingerprint density at radius 2 is 1.81 bits per heavy atom. The third-order valence-corrected chi connectivity index (χ3v) is 6.04. The summed E-state index contributed by atoms with van der Waals surface area (Å²) in [6, 6.07) is 18.1. The molecule has 0 radical (unpaired) electrons. The van der Waals surface area contributed by atoms with Crippen molar-refractivity contribution in [3.63, 3.8) is 0 Å². The van der Waals surface area contributed by atoms with Crippen molar-refractivity contribution in [1.29, 1.82) is 0 Å². The van der Waals surface area contributed by atoms with E-state index in [9.17, 15) is 9.59 Å². The van der Waals surface area contributed by atoms with Crippen LogP contribution in [0.2, 0.25) is 0 Å². The van der Waals surface area contributed by atoms with E-state index in [2.05, 4.69) is 30.4 Å². The van der Waals surface area contributed by atoms with Crippen LogP contribution in [0.5, 0.6) is 0 Å². The van der Waals surface area contributed by atoms with Crippen LogP contribution in [0.1, 0.15) is 53.4 Å². The van der Waals surface area contributed by atoms with Gasteiger partial charge in [-0.05, 0) is 60.4 Å². The zero-order chi connectivity index (χ0) is 22.1. The van der Waals surface area contributed by atoms with Gasteiger partial charge in [-0.2, -0.15) is 0 Å². The lowest BCUT2D eigenvalue weighted by Gasteiger charge is -2.26. The van der Waals surface area contributed by atoms with Gasteiger partial charge in [-0.15, -0.1) is 0 Å². The predicted molar refractivity (Wildman–Crippen MR) is 125 cm³/mol. The molecule has 5 heteroatoms. The van der Waals surface area contributed by atoms with Crippen molar-refractivity contribution in [3.8, 4) is 0 Å². The number of fused-ring (bicyclic) bond motifs is 2. The number of amides is 1. The maximum absolute atomic E-state index is 13.3. The number of para-hydroxylation sites is 1. The number of hydrogen-bond donors (Lipinski definition) is 1. The van der Waals surface area contributed by atoms with Gasteiger partial charge in [0.2, 0.25) is 0 Å². The molecule has 1 atom stereocenters. The van der Waals surface area contributed by atoms with E-state index in [1.165, 1.54) is 0 Å². The van der Waals surface area contributed by atoms with Gasteiger partial charge in [0.25, 0.3) is 5.91 Å². The first kappa shape index (κ1) is 20.4. The first-order valence-corrected chi connectivity index (χ1v) is 11.2. The number of carbonyl (C=O) groups excluding carboxylic acids is 2. The molecule has 5 nitrogen and oxygen atoms in total. The summed E-state index contributed by atoms with van der Waals surface area (Å²) >= 11 is 0. The molecule has 1 fully saturated rings. The molecule has 2 aliphatic rings. The molecule has 162 valence electrons. The van der Waals surface area contributed by atoms with E-state index < -0.39 is 5.97 Å². The van der Waals surface area contributed by atoms with Gasteiger partial charge in [0.1, 0.15) is 0 Å². The number of ether oxygens (including phenoxy) is 1. The SMILES string of the molecule is CC1CC(=Cc2ccccc2)c2nc3ccccc3c(C(=O)OCC(=O)NC3CC3)c2C1. The molecule has 32 heavy (non-hydrogen) atoms. The second kappa shape index (κ2) is 8.58. The zero-order valence-electron chi connectivity index (χ0n) is 18.1. The zero-order valence-corrected chi connectivity index (χ0v) is 18.1. The molecular weight excluding hydrogens is 400 g/mol. The van der Waals surface area contributed by atoms with Gasteiger partial charge >= 0.3 is 5.97 Å². The number of rotatable bonds is 5. The first-order valence-electron chi connectivity index (χ1n) is 11.2. The molecule has 0 saturated heterocycles. The Morgan fingerprint density at radius 1 is 1.06 bits per heavy atom. The summed E-state index contributed by atoms with van der Waals surface area (Å²) in [6.07, 6.45) is 5.80. The topological polar surface area (TPSA) is 68.3 Å². The summed E-state index contributed by atoms with van der Waals surface area (Å²) in [5.74, 6) is -0.338. The smallest absolute Gasteiger partial charge is 0.339 e. The molecule has 1 amide bonds. The number of nitrogens with zero attached hydrogens (tertiary/aromatic N) is 1. The first-order chi connectivity index (χ1) is 15.6. The van der Waals surface area contributed by atoms with Crippen LogP contribution in [-0.2, 0) is 16.0 Å². The van der Waals surface area contributed by atoms with Gasteiger partial charge < -0.3 is 10.1 Å². The lowest BCUT2D eigenvalue weighted by Crippen LogP contribution is -2.30. The lowest BCUT2D eigenvalue weighted by atomic mass is 9.80. The Morgan fingerprint density at radius 3 is 2.59 bits per heavy atom. The quantitative estimate of drug-likeness (QED) is 0.596. The summed E-state index contributed by atoms with van der Waals surface area (Å²) in [5.41, 5.74) is 5.30. The average molecular weight is 427 g/mol. The molecule has 3 aromatic rings. The number of benzene rings is 2. The van der Waals surface area contributed by atoms with E-state index in [4.69, 9.17) is 9.72 Å². The summed E-state index contributed by atoms with van der Waals surface area (Å²) in [6.45, 7) is 1.93. The van der Waals surface area contributed by atoms with E-state index in [1.807, 2.05) is 42.5 Å². The molecule has 0 spiro atoms. The monoisotopic (exact) mass is 426 g/mol. The van der Waals surface area contributed by atoms with Gasteiger partial charge in [0.15, 0.2) is 6.61 Å². The molecule has 1 unspecified atom stereocenters. The van der Waals surface area contributed by atoms with Gasteiger partial charge in [-0.1, -0.05) is 55.5 Å². The highest BCUT2D eigenvalue weighted by molar-refractivity contribution is 6.07. The highest BCUT2D eigenvalue weighted by atomic mass is 16.5. The third-order valence-electron chi connectivity index (χ3n) is 6.04. The van der Waals surface area contributed by atoms with E-state index in [0.717, 1.165) is 59.0 Å². The van der Waals surface area contributed by atoms with Gasteiger partial charge in [0.05, 0.1) is 16.8 Å². The molecule has 0 aliphatic heterocycles. The minimum atomic E-state index is -0.459. The molecule has 1 heterocycles. The summed E-state index contributed by atoms with van der Waals surface area (Å²) in [5, 5.41) is 3.63. The Labute approximate surface area is 187 Å². The normalized spacial score (nSPS) is 18.9. The average Bonchev–Trinajstić information content (AvgIpc) is 3.61. The van der Waals surface area contributed by atoms with Crippen molar-refractivity contribution < 1.29 is 14.3 Å². The van der Waals surface area contributed by atoms with Crippen LogP contribution in [0.4, 0.5) is 0 Å². The van der Waals surface area contributed by atoms with Crippen molar-refractivity contribution >= 4 is 34.4 Å². The molecule has 2 aliphatic carbocycles. The summed E-state index contributed by atoms with van der Waals surface area (Å²) in [7, 11) is 0. The van der Waals surface area contributed by atoms with E-state index in [1.54, 1.807) is 0 Å². The van der Waals surface area contributed by atoms with Crippen molar-refractivity contribution in [2.45, 2.75) is 38.6 Å². The highest BCUT2D eigenvalue weighted by Crippen LogP contribution is 2.38.